The van der Waals surface area contributed by atoms with E-state index in [2.05, 4.69) is 5.32 Å². The molecule has 1 heterocycles. The van der Waals surface area contributed by atoms with Gasteiger partial charge >= 0.3 is 0 Å². The molecule has 27 heavy (non-hydrogen) atoms. The van der Waals surface area contributed by atoms with Gasteiger partial charge in [0.1, 0.15) is 5.82 Å². The van der Waals surface area contributed by atoms with E-state index in [4.69, 9.17) is 0 Å². The van der Waals surface area contributed by atoms with Gasteiger partial charge in [0.15, 0.2) is 0 Å². The zero-order valence-electron chi connectivity index (χ0n) is 14.9. The molecule has 1 saturated heterocycles. The fourth-order valence-corrected chi connectivity index (χ4v) is 4.65. The number of amides is 1. The van der Waals surface area contributed by atoms with Crippen LogP contribution in [0.25, 0.3) is 0 Å². The SMILES string of the molecule is CC(=O)Nc1ccc(S(=O)(=O)N2CCC(O)(c3ccc(F)cc3)CC2)cc1. The summed E-state index contributed by atoms with van der Waals surface area (Å²) in [4.78, 5) is 11.2. The minimum Gasteiger partial charge on any atom is -0.385 e. The Bertz CT molecular complexity index is 919. The number of sulfonamides is 1. The molecule has 0 spiro atoms. The fourth-order valence-electron chi connectivity index (χ4n) is 3.21. The molecule has 8 heteroatoms. The summed E-state index contributed by atoms with van der Waals surface area (Å²) < 4.78 is 40.1. The van der Waals surface area contributed by atoms with Crippen LogP contribution in [0.1, 0.15) is 25.3 Å². The third kappa shape index (κ3) is 4.18. The average Bonchev–Trinajstić information content (AvgIpc) is 2.62. The number of nitrogens with one attached hydrogen (secondary N) is 1. The normalized spacial score (nSPS) is 17.4. The van der Waals surface area contributed by atoms with Gasteiger partial charge in [-0.05, 0) is 54.8 Å². The van der Waals surface area contributed by atoms with Crippen LogP contribution in [0.2, 0.25) is 0 Å². The van der Waals surface area contributed by atoms with Crippen LogP contribution in [0.5, 0.6) is 0 Å². The highest BCUT2D eigenvalue weighted by Crippen LogP contribution is 2.34. The Morgan fingerprint density at radius 1 is 1.07 bits per heavy atom. The first-order valence-electron chi connectivity index (χ1n) is 8.57. The molecule has 0 unspecified atom stereocenters. The highest BCUT2D eigenvalue weighted by Gasteiger charge is 2.38. The Morgan fingerprint density at radius 2 is 1.63 bits per heavy atom. The molecule has 0 atom stereocenters. The van der Waals surface area contributed by atoms with E-state index >= 15 is 0 Å². The van der Waals surface area contributed by atoms with Crippen molar-refractivity contribution in [3.63, 3.8) is 0 Å². The van der Waals surface area contributed by atoms with Crippen LogP contribution in [0.15, 0.2) is 53.4 Å². The molecule has 0 saturated carbocycles. The van der Waals surface area contributed by atoms with Gasteiger partial charge in [-0.3, -0.25) is 4.79 Å². The summed E-state index contributed by atoms with van der Waals surface area (Å²) in [5, 5.41) is 13.4. The van der Waals surface area contributed by atoms with Crippen molar-refractivity contribution in [3.8, 4) is 0 Å². The summed E-state index contributed by atoms with van der Waals surface area (Å²) in [6.07, 6.45) is 0.448. The summed E-state index contributed by atoms with van der Waals surface area (Å²) in [5.74, 6) is -0.619. The van der Waals surface area contributed by atoms with E-state index in [0.717, 1.165) is 0 Å². The van der Waals surface area contributed by atoms with Crippen LogP contribution in [0, 0.1) is 5.82 Å². The largest absolute Gasteiger partial charge is 0.385 e. The summed E-state index contributed by atoms with van der Waals surface area (Å²) >= 11 is 0. The number of rotatable bonds is 4. The monoisotopic (exact) mass is 392 g/mol. The molecule has 1 amide bonds. The van der Waals surface area contributed by atoms with Gasteiger partial charge in [0, 0.05) is 25.7 Å². The number of benzene rings is 2. The van der Waals surface area contributed by atoms with Crippen LogP contribution in [0.4, 0.5) is 10.1 Å². The number of carbonyl (C=O) groups is 1. The summed E-state index contributed by atoms with van der Waals surface area (Å²) in [5.41, 5.74) is -0.0685. The van der Waals surface area contributed by atoms with Crippen molar-refractivity contribution in [1.29, 1.82) is 0 Å². The average molecular weight is 392 g/mol. The Kier molecular flexibility index (Phi) is 5.32. The highest BCUT2D eigenvalue weighted by molar-refractivity contribution is 7.89. The van der Waals surface area contributed by atoms with Gasteiger partial charge in [-0.15, -0.1) is 0 Å². The van der Waals surface area contributed by atoms with E-state index in [-0.39, 0.29) is 42.6 Å². The van der Waals surface area contributed by atoms with Crippen molar-refractivity contribution in [2.75, 3.05) is 18.4 Å². The topological polar surface area (TPSA) is 86.7 Å². The van der Waals surface area contributed by atoms with Crippen molar-refractivity contribution >= 4 is 21.6 Å². The minimum atomic E-state index is -3.70. The predicted molar refractivity (Wildman–Crippen MR) is 99.0 cm³/mol. The number of piperidine rings is 1. The molecule has 1 aliphatic rings. The van der Waals surface area contributed by atoms with Gasteiger partial charge in [-0.2, -0.15) is 4.31 Å². The lowest BCUT2D eigenvalue weighted by molar-refractivity contribution is -0.114. The number of anilines is 1. The maximum atomic E-state index is 13.1. The number of hydrogen-bond acceptors (Lipinski definition) is 4. The van der Waals surface area contributed by atoms with Gasteiger partial charge in [0.25, 0.3) is 0 Å². The first kappa shape index (κ1) is 19.5. The molecular formula is C19H21FN2O4S. The lowest BCUT2D eigenvalue weighted by atomic mass is 9.85. The molecule has 144 valence electrons. The van der Waals surface area contributed by atoms with E-state index in [1.807, 2.05) is 0 Å². The van der Waals surface area contributed by atoms with Crippen molar-refractivity contribution in [2.24, 2.45) is 0 Å². The zero-order valence-corrected chi connectivity index (χ0v) is 15.7. The number of aliphatic hydroxyl groups is 1. The minimum absolute atomic E-state index is 0.129. The molecule has 2 aromatic carbocycles. The van der Waals surface area contributed by atoms with Gasteiger partial charge in [-0.25, -0.2) is 12.8 Å². The lowest BCUT2D eigenvalue weighted by Crippen LogP contribution is -2.45. The van der Waals surface area contributed by atoms with Crippen LogP contribution in [-0.2, 0) is 20.4 Å². The van der Waals surface area contributed by atoms with E-state index in [0.29, 0.717) is 11.3 Å². The van der Waals surface area contributed by atoms with Crippen molar-refractivity contribution in [3.05, 3.63) is 59.9 Å². The van der Waals surface area contributed by atoms with E-state index in [1.54, 1.807) is 0 Å². The molecule has 1 aliphatic heterocycles. The third-order valence-electron chi connectivity index (χ3n) is 4.74. The highest BCUT2D eigenvalue weighted by atomic mass is 32.2. The van der Waals surface area contributed by atoms with Crippen molar-refractivity contribution in [1.82, 2.24) is 4.31 Å². The second-order valence-electron chi connectivity index (χ2n) is 6.65. The van der Waals surface area contributed by atoms with Crippen LogP contribution in [0.3, 0.4) is 0 Å². The fraction of sp³-hybridized carbons (Fsp3) is 0.316. The quantitative estimate of drug-likeness (QED) is 0.837. The van der Waals surface area contributed by atoms with Crippen LogP contribution in [-0.4, -0.2) is 36.8 Å². The first-order valence-corrected chi connectivity index (χ1v) is 10.0. The summed E-state index contributed by atoms with van der Waals surface area (Å²) in [6, 6.07) is 11.6. The summed E-state index contributed by atoms with van der Waals surface area (Å²) in [6.45, 7) is 1.69. The van der Waals surface area contributed by atoms with Crippen LogP contribution >= 0.6 is 0 Å². The van der Waals surface area contributed by atoms with E-state index in [9.17, 15) is 22.7 Å². The van der Waals surface area contributed by atoms with Crippen LogP contribution < -0.4 is 5.32 Å². The smallest absolute Gasteiger partial charge is 0.243 e. The van der Waals surface area contributed by atoms with Crippen molar-refractivity contribution < 1.29 is 22.7 Å². The third-order valence-corrected chi connectivity index (χ3v) is 6.66. The van der Waals surface area contributed by atoms with Gasteiger partial charge < -0.3 is 10.4 Å². The number of carbonyl (C=O) groups excluding carboxylic acids is 1. The Balaban J connectivity index is 1.72. The number of nitrogens with zero attached hydrogens (tertiary/aromatic N) is 1. The van der Waals surface area contributed by atoms with Crippen molar-refractivity contribution in [2.45, 2.75) is 30.3 Å². The zero-order chi connectivity index (χ0) is 19.7. The first-order chi connectivity index (χ1) is 12.7. The molecule has 2 aromatic rings. The van der Waals surface area contributed by atoms with Gasteiger partial charge in [-0.1, -0.05) is 12.1 Å². The van der Waals surface area contributed by atoms with Gasteiger partial charge in [0.05, 0.1) is 10.5 Å². The Morgan fingerprint density at radius 3 is 2.15 bits per heavy atom. The maximum Gasteiger partial charge on any atom is 0.243 e. The number of halogens is 1. The molecule has 0 radical (unpaired) electrons. The van der Waals surface area contributed by atoms with Gasteiger partial charge in [0.2, 0.25) is 15.9 Å². The molecule has 3 rings (SSSR count). The molecule has 0 bridgehead atoms. The maximum absolute atomic E-state index is 13.1. The molecular weight excluding hydrogens is 371 g/mol. The Labute approximate surface area is 157 Å². The standard InChI is InChI=1S/C19H21FN2O4S/c1-14(23)21-17-6-8-18(9-7-17)27(25,26)22-12-10-19(24,11-13-22)15-2-4-16(20)5-3-15/h2-9,24H,10-13H2,1H3,(H,21,23). The lowest BCUT2D eigenvalue weighted by Gasteiger charge is -2.37. The molecule has 6 nitrogen and oxygen atoms in total. The molecule has 2 N–H and O–H groups in total. The van der Waals surface area contributed by atoms with E-state index in [1.165, 1.54) is 59.8 Å². The molecule has 1 fully saturated rings. The second-order valence-corrected chi connectivity index (χ2v) is 8.59. The second kappa shape index (κ2) is 7.38. The number of hydrogen-bond donors (Lipinski definition) is 2. The predicted octanol–water partition coefficient (Wildman–Crippen LogP) is 2.46. The molecule has 0 aliphatic carbocycles. The Hall–Kier alpha value is -2.29. The van der Waals surface area contributed by atoms with E-state index < -0.39 is 15.6 Å². The molecule has 0 aromatic heterocycles. The summed E-state index contributed by atoms with van der Waals surface area (Å²) in [7, 11) is -3.70.